The van der Waals surface area contributed by atoms with E-state index in [1.165, 1.54) is 0 Å². The first-order valence-corrected chi connectivity index (χ1v) is 8.88. The molecule has 0 unspecified atom stereocenters. The van der Waals surface area contributed by atoms with Crippen LogP contribution in [0.15, 0.2) is 0 Å². The van der Waals surface area contributed by atoms with Crippen molar-refractivity contribution in [2.24, 2.45) is 5.92 Å². The monoisotopic (exact) mass is 292 g/mol. The molecule has 0 spiro atoms. The Balaban J connectivity index is 2.26. The van der Waals surface area contributed by atoms with E-state index < -0.39 is 10.0 Å². The van der Waals surface area contributed by atoms with Crippen LogP contribution in [0, 0.1) is 5.92 Å². The minimum atomic E-state index is -3.06. The van der Waals surface area contributed by atoms with Crippen LogP contribution in [0.25, 0.3) is 0 Å². The lowest BCUT2D eigenvalue weighted by atomic mass is 9.99. The van der Waals surface area contributed by atoms with Gasteiger partial charge in [-0.05, 0) is 44.7 Å². The topological polar surface area (TPSA) is 58.6 Å². The first-order valence-electron chi connectivity index (χ1n) is 7.27. The molecule has 6 heteroatoms. The van der Waals surface area contributed by atoms with Crippen LogP contribution in [0.1, 0.15) is 32.6 Å². The number of hydrogen-bond acceptors (Lipinski definition) is 4. The predicted octanol–water partition coefficient (Wildman–Crippen LogP) is 1.06. The van der Waals surface area contributed by atoms with Gasteiger partial charge in [-0.3, -0.25) is 0 Å². The van der Waals surface area contributed by atoms with E-state index >= 15 is 0 Å². The molecule has 0 aromatic heterocycles. The van der Waals surface area contributed by atoms with Crippen molar-refractivity contribution in [1.82, 2.24) is 9.62 Å². The van der Waals surface area contributed by atoms with Crippen LogP contribution in [-0.4, -0.2) is 58.4 Å². The molecule has 0 radical (unpaired) electrons. The van der Waals surface area contributed by atoms with Gasteiger partial charge in [0.15, 0.2) is 0 Å². The van der Waals surface area contributed by atoms with Crippen LogP contribution in [0.2, 0.25) is 0 Å². The summed E-state index contributed by atoms with van der Waals surface area (Å²) in [4.78, 5) is 0. The molecular formula is C13H28N2O3S. The third kappa shape index (κ3) is 6.21. The first kappa shape index (κ1) is 16.9. The molecular weight excluding hydrogens is 264 g/mol. The maximum Gasteiger partial charge on any atom is 0.214 e. The van der Waals surface area contributed by atoms with E-state index in [2.05, 4.69) is 12.2 Å². The van der Waals surface area contributed by atoms with Crippen molar-refractivity contribution in [2.75, 3.05) is 45.6 Å². The third-order valence-electron chi connectivity index (χ3n) is 3.55. The summed E-state index contributed by atoms with van der Waals surface area (Å²) in [6.45, 7) is 5.90. The molecule has 0 atom stereocenters. The van der Waals surface area contributed by atoms with Gasteiger partial charge in [0.1, 0.15) is 0 Å². The number of nitrogens with zero attached hydrogens (tertiary/aromatic N) is 1. The van der Waals surface area contributed by atoms with Crippen molar-refractivity contribution in [3.8, 4) is 0 Å². The Bertz CT molecular complexity index is 325. The highest BCUT2D eigenvalue weighted by Crippen LogP contribution is 2.20. The number of piperidine rings is 1. The van der Waals surface area contributed by atoms with Crippen LogP contribution in [0.5, 0.6) is 0 Å². The third-order valence-corrected chi connectivity index (χ3v) is 5.51. The van der Waals surface area contributed by atoms with Crippen LogP contribution in [0.3, 0.4) is 0 Å². The molecule has 1 aliphatic rings. The molecule has 0 aromatic carbocycles. The average Bonchev–Trinajstić information content (AvgIpc) is 2.39. The summed E-state index contributed by atoms with van der Waals surface area (Å²) in [5.41, 5.74) is 0. The van der Waals surface area contributed by atoms with E-state index in [-0.39, 0.29) is 5.75 Å². The Kier molecular flexibility index (Phi) is 7.90. The van der Waals surface area contributed by atoms with Crippen molar-refractivity contribution in [3.63, 3.8) is 0 Å². The van der Waals surface area contributed by atoms with Gasteiger partial charge >= 0.3 is 0 Å². The van der Waals surface area contributed by atoms with Gasteiger partial charge in [0, 0.05) is 26.8 Å². The lowest BCUT2D eigenvalue weighted by Crippen LogP contribution is -2.40. The van der Waals surface area contributed by atoms with E-state index in [1.54, 1.807) is 11.4 Å². The number of ether oxygens (including phenoxy) is 1. The molecule has 5 nitrogen and oxygen atoms in total. The Labute approximate surface area is 117 Å². The Morgan fingerprint density at radius 1 is 1.26 bits per heavy atom. The zero-order valence-electron chi connectivity index (χ0n) is 12.2. The second-order valence-corrected chi connectivity index (χ2v) is 7.31. The quantitative estimate of drug-likeness (QED) is 0.646. The number of nitrogens with one attached hydrogen (secondary N) is 1. The maximum atomic E-state index is 12.1. The highest BCUT2D eigenvalue weighted by atomic mass is 32.2. The van der Waals surface area contributed by atoms with Crippen LogP contribution in [0.4, 0.5) is 0 Å². The summed E-state index contributed by atoms with van der Waals surface area (Å²) in [5.74, 6) is 0.779. The molecule has 0 amide bonds. The second kappa shape index (κ2) is 8.89. The Morgan fingerprint density at radius 3 is 2.53 bits per heavy atom. The first-order chi connectivity index (χ1) is 9.10. The normalized spacial score (nSPS) is 18.8. The zero-order valence-corrected chi connectivity index (χ0v) is 13.0. The van der Waals surface area contributed by atoms with Gasteiger partial charge in [0.05, 0.1) is 5.75 Å². The van der Waals surface area contributed by atoms with Gasteiger partial charge in [-0.1, -0.05) is 6.92 Å². The number of hydrogen-bond donors (Lipinski definition) is 1. The smallest absolute Gasteiger partial charge is 0.214 e. The van der Waals surface area contributed by atoms with Crippen molar-refractivity contribution in [1.29, 1.82) is 0 Å². The lowest BCUT2D eigenvalue weighted by molar-refractivity contribution is 0.121. The van der Waals surface area contributed by atoms with Gasteiger partial charge < -0.3 is 10.1 Å². The van der Waals surface area contributed by atoms with E-state index in [0.29, 0.717) is 25.4 Å². The molecule has 1 rings (SSSR count). The maximum absolute atomic E-state index is 12.1. The van der Waals surface area contributed by atoms with Gasteiger partial charge in [0.2, 0.25) is 10.0 Å². The predicted molar refractivity (Wildman–Crippen MR) is 77.7 cm³/mol. The number of methoxy groups -OCH3 is 1. The van der Waals surface area contributed by atoms with Gasteiger partial charge in [-0.15, -0.1) is 0 Å². The Hall–Kier alpha value is -0.170. The second-order valence-electron chi connectivity index (χ2n) is 5.22. The highest BCUT2D eigenvalue weighted by molar-refractivity contribution is 7.89. The molecule has 1 N–H and O–H groups in total. The Morgan fingerprint density at radius 2 is 1.95 bits per heavy atom. The van der Waals surface area contributed by atoms with Gasteiger partial charge in [0.25, 0.3) is 0 Å². The fourth-order valence-electron chi connectivity index (χ4n) is 2.40. The molecule has 0 bridgehead atoms. The molecule has 1 aliphatic heterocycles. The summed E-state index contributed by atoms with van der Waals surface area (Å²) < 4.78 is 31.1. The fourth-order valence-corrected chi connectivity index (χ4v) is 3.93. The van der Waals surface area contributed by atoms with E-state index in [9.17, 15) is 8.42 Å². The summed E-state index contributed by atoms with van der Waals surface area (Å²) in [7, 11) is -1.36. The molecule has 1 heterocycles. The summed E-state index contributed by atoms with van der Waals surface area (Å²) in [6, 6.07) is 0. The molecule has 1 saturated heterocycles. The summed E-state index contributed by atoms with van der Waals surface area (Å²) in [5, 5.41) is 3.23. The van der Waals surface area contributed by atoms with Crippen molar-refractivity contribution in [2.45, 2.75) is 32.6 Å². The molecule has 19 heavy (non-hydrogen) atoms. The SMILES string of the molecule is CCCNCCCS(=O)(=O)N1CCC(COC)CC1. The van der Waals surface area contributed by atoms with Gasteiger partial charge in [-0.25, -0.2) is 12.7 Å². The number of sulfonamides is 1. The zero-order chi connectivity index (χ0) is 14.1. The molecule has 0 aromatic rings. The molecule has 114 valence electrons. The number of rotatable bonds is 9. The van der Waals surface area contributed by atoms with Crippen LogP contribution >= 0.6 is 0 Å². The van der Waals surface area contributed by atoms with Crippen molar-refractivity contribution >= 4 is 10.0 Å². The summed E-state index contributed by atoms with van der Waals surface area (Å²) in [6.07, 6.45) is 3.61. The standard InChI is InChI=1S/C13H28N2O3S/c1-3-7-14-8-4-11-19(16,17)15-9-5-13(6-10-15)12-18-2/h13-14H,3-12H2,1-2H3. The summed E-state index contributed by atoms with van der Waals surface area (Å²) >= 11 is 0. The van der Waals surface area contributed by atoms with E-state index in [4.69, 9.17) is 4.74 Å². The van der Waals surface area contributed by atoms with Crippen LogP contribution in [-0.2, 0) is 14.8 Å². The lowest BCUT2D eigenvalue weighted by Gasteiger charge is -2.30. The average molecular weight is 292 g/mol. The van der Waals surface area contributed by atoms with Crippen molar-refractivity contribution < 1.29 is 13.2 Å². The highest BCUT2D eigenvalue weighted by Gasteiger charge is 2.27. The van der Waals surface area contributed by atoms with Crippen molar-refractivity contribution in [3.05, 3.63) is 0 Å². The van der Waals surface area contributed by atoms with E-state index in [1.807, 2.05) is 0 Å². The molecule has 1 fully saturated rings. The van der Waals surface area contributed by atoms with Gasteiger partial charge in [-0.2, -0.15) is 0 Å². The fraction of sp³-hybridized carbons (Fsp3) is 1.00. The largest absolute Gasteiger partial charge is 0.384 e. The minimum absolute atomic E-state index is 0.263. The molecule has 0 saturated carbocycles. The van der Waals surface area contributed by atoms with Crippen LogP contribution < -0.4 is 5.32 Å². The molecule has 0 aliphatic carbocycles. The van der Waals surface area contributed by atoms with E-state index in [0.717, 1.165) is 39.0 Å². The minimum Gasteiger partial charge on any atom is -0.384 e.